The second-order valence-electron chi connectivity index (χ2n) is 1.59. The summed E-state index contributed by atoms with van der Waals surface area (Å²) in [5.74, 6) is 0. The average molecular weight is 278 g/mol. The van der Waals surface area contributed by atoms with Crippen LogP contribution in [0.25, 0.3) is 0 Å². The molecule has 0 fully saturated rings. The Balaban J connectivity index is 3.82. The van der Waals surface area contributed by atoms with Crippen molar-refractivity contribution in [1.29, 1.82) is 0 Å². The molecule has 0 aromatic heterocycles. The minimum Gasteiger partial charge on any atom is -0.397 e. The predicted octanol–water partition coefficient (Wildman–Crippen LogP) is 1.59. The van der Waals surface area contributed by atoms with Gasteiger partial charge >= 0.3 is 8.56 Å². The van der Waals surface area contributed by atoms with E-state index in [-0.39, 0.29) is 0 Å². The third-order valence-corrected chi connectivity index (χ3v) is 8.58. The Hall–Kier alpha value is 1.10. The Morgan fingerprint density at radius 1 is 1.11 bits per heavy atom. The molecule has 0 rings (SSSR count). The van der Waals surface area contributed by atoms with E-state index >= 15 is 0 Å². The van der Waals surface area contributed by atoms with Gasteiger partial charge in [0.1, 0.15) is 0 Å². The number of halogens is 2. The van der Waals surface area contributed by atoms with Gasteiger partial charge in [-0.1, -0.05) is 31.9 Å². The first-order valence-electron chi connectivity index (χ1n) is 2.47. The normalized spacial score (nSPS) is 12.0. The summed E-state index contributed by atoms with van der Waals surface area (Å²) >= 11 is 6.67. The average Bonchev–Trinajstić information content (AvgIpc) is 1.95. The van der Waals surface area contributed by atoms with Crippen molar-refractivity contribution in [3.63, 3.8) is 0 Å². The van der Waals surface area contributed by atoms with E-state index in [0.29, 0.717) is 0 Å². The monoisotopic (exact) mass is 276 g/mol. The molecule has 0 unspecified atom stereocenters. The fourth-order valence-electron chi connectivity index (χ4n) is 0.337. The van der Waals surface area contributed by atoms with Gasteiger partial charge in [-0.25, -0.2) is 0 Å². The second kappa shape index (κ2) is 4.84. The van der Waals surface area contributed by atoms with Crippen LogP contribution in [-0.2, 0) is 8.85 Å². The Bertz CT molecular complexity index is 59.5. The Kier molecular flexibility index (Phi) is 5.43. The predicted molar refractivity (Wildman–Crippen MR) is 47.4 cm³/mol. The fourth-order valence-corrected chi connectivity index (χ4v) is 6.54. The second-order valence-corrected chi connectivity index (χ2v) is 8.12. The molecule has 2 nitrogen and oxygen atoms in total. The molecular formula is C4H10Br2O2Si. The molecule has 0 aromatic rings. The highest BCUT2D eigenvalue weighted by molar-refractivity contribution is 9.10. The lowest BCUT2D eigenvalue weighted by Crippen LogP contribution is -2.45. The van der Waals surface area contributed by atoms with Crippen LogP contribution in [0.4, 0.5) is 0 Å². The summed E-state index contributed by atoms with van der Waals surface area (Å²) in [5, 5.41) is 0. The Morgan fingerprint density at radius 3 is 1.44 bits per heavy atom. The lowest BCUT2D eigenvalue weighted by Gasteiger charge is -2.21. The van der Waals surface area contributed by atoms with E-state index < -0.39 is 8.56 Å². The Morgan fingerprint density at radius 2 is 1.44 bits per heavy atom. The molecule has 0 amide bonds. The van der Waals surface area contributed by atoms with Crippen molar-refractivity contribution in [1.82, 2.24) is 0 Å². The first kappa shape index (κ1) is 10.1. The highest BCUT2D eigenvalue weighted by atomic mass is 79.9. The minimum atomic E-state index is -1.86. The van der Waals surface area contributed by atoms with Gasteiger partial charge in [-0.05, 0) is 0 Å². The zero-order valence-corrected chi connectivity index (χ0v) is 9.66. The van der Waals surface area contributed by atoms with Crippen LogP contribution in [0.3, 0.4) is 0 Å². The maximum absolute atomic E-state index is 5.21. The summed E-state index contributed by atoms with van der Waals surface area (Å²) in [6.45, 7) is 0. The molecule has 0 N–H and O–H groups in total. The summed E-state index contributed by atoms with van der Waals surface area (Å²) in [6, 6.07) is 0. The molecule has 0 saturated carbocycles. The van der Waals surface area contributed by atoms with Crippen molar-refractivity contribution in [3.8, 4) is 0 Å². The van der Waals surface area contributed by atoms with Crippen molar-refractivity contribution in [2.24, 2.45) is 0 Å². The van der Waals surface area contributed by atoms with Gasteiger partial charge in [0.15, 0.2) is 0 Å². The number of hydrogen-bond donors (Lipinski definition) is 0. The van der Waals surface area contributed by atoms with Crippen LogP contribution in [0.2, 0.25) is 0 Å². The van der Waals surface area contributed by atoms with Crippen LogP contribution in [0.15, 0.2) is 0 Å². The van der Waals surface area contributed by atoms with Gasteiger partial charge in [0.2, 0.25) is 0 Å². The molecular weight excluding hydrogens is 268 g/mol. The zero-order valence-electron chi connectivity index (χ0n) is 5.49. The van der Waals surface area contributed by atoms with Crippen molar-refractivity contribution in [3.05, 3.63) is 0 Å². The molecule has 0 bridgehead atoms. The SMILES string of the molecule is CO[Si](CBr)(CBr)OC. The van der Waals surface area contributed by atoms with Crippen molar-refractivity contribution >= 4 is 40.4 Å². The van der Waals surface area contributed by atoms with Crippen molar-refractivity contribution < 1.29 is 8.85 Å². The van der Waals surface area contributed by atoms with Crippen LogP contribution < -0.4 is 0 Å². The molecule has 0 radical (unpaired) electrons. The molecule has 9 heavy (non-hydrogen) atoms. The van der Waals surface area contributed by atoms with Crippen molar-refractivity contribution in [2.75, 3.05) is 24.1 Å². The van der Waals surface area contributed by atoms with Gasteiger partial charge in [-0.15, -0.1) is 0 Å². The largest absolute Gasteiger partial charge is 0.397 e. The number of rotatable bonds is 4. The molecule has 0 aromatic carbocycles. The van der Waals surface area contributed by atoms with E-state index in [1.54, 1.807) is 14.2 Å². The first-order valence-corrected chi connectivity index (χ1v) is 6.94. The molecule has 0 aliphatic rings. The van der Waals surface area contributed by atoms with Crippen molar-refractivity contribution in [2.45, 2.75) is 0 Å². The first-order chi connectivity index (χ1) is 4.24. The summed E-state index contributed by atoms with van der Waals surface area (Å²) < 4.78 is 10.4. The van der Waals surface area contributed by atoms with Gasteiger partial charge in [0.25, 0.3) is 0 Å². The van der Waals surface area contributed by atoms with Crippen LogP contribution in [-0.4, -0.2) is 32.7 Å². The van der Waals surface area contributed by atoms with Gasteiger partial charge in [0, 0.05) is 24.1 Å². The van der Waals surface area contributed by atoms with Crippen LogP contribution >= 0.6 is 31.9 Å². The van der Waals surface area contributed by atoms with Crippen LogP contribution in [0.5, 0.6) is 0 Å². The number of alkyl halides is 2. The lowest BCUT2D eigenvalue weighted by atomic mass is 11.8. The fraction of sp³-hybridized carbons (Fsp3) is 1.00. The minimum absolute atomic E-state index is 0.804. The molecule has 0 atom stereocenters. The lowest BCUT2D eigenvalue weighted by molar-refractivity contribution is 0.256. The molecule has 0 aliphatic heterocycles. The zero-order chi connectivity index (χ0) is 7.33. The maximum Gasteiger partial charge on any atom is 0.359 e. The summed E-state index contributed by atoms with van der Waals surface area (Å²) in [6.07, 6.45) is 0. The van der Waals surface area contributed by atoms with Gasteiger partial charge in [-0.3, -0.25) is 0 Å². The molecule has 0 saturated heterocycles. The highest BCUT2D eigenvalue weighted by Gasteiger charge is 2.32. The quantitative estimate of drug-likeness (QED) is 0.574. The molecule has 0 heterocycles. The highest BCUT2D eigenvalue weighted by Crippen LogP contribution is 2.10. The van der Waals surface area contributed by atoms with Crippen LogP contribution in [0.1, 0.15) is 0 Å². The summed E-state index contributed by atoms with van der Waals surface area (Å²) in [7, 11) is 1.50. The van der Waals surface area contributed by atoms with E-state index in [2.05, 4.69) is 31.9 Å². The molecule has 5 heteroatoms. The van der Waals surface area contributed by atoms with Crippen LogP contribution in [0, 0.1) is 0 Å². The maximum atomic E-state index is 5.21. The van der Waals surface area contributed by atoms with E-state index in [4.69, 9.17) is 8.85 Å². The third-order valence-electron chi connectivity index (χ3n) is 1.15. The smallest absolute Gasteiger partial charge is 0.359 e. The third kappa shape index (κ3) is 2.67. The van der Waals surface area contributed by atoms with E-state index in [1.165, 1.54) is 0 Å². The van der Waals surface area contributed by atoms with E-state index in [9.17, 15) is 0 Å². The van der Waals surface area contributed by atoms with Gasteiger partial charge in [-0.2, -0.15) is 0 Å². The molecule has 0 aliphatic carbocycles. The topological polar surface area (TPSA) is 18.5 Å². The Labute approximate surface area is 73.4 Å². The van der Waals surface area contributed by atoms with Gasteiger partial charge < -0.3 is 8.85 Å². The molecule has 56 valence electrons. The van der Waals surface area contributed by atoms with Gasteiger partial charge in [0.05, 0.1) is 0 Å². The summed E-state index contributed by atoms with van der Waals surface area (Å²) in [4.78, 5) is 1.61. The standard InChI is InChI=1S/C4H10Br2O2Si/c1-7-9(3-5,4-6)8-2/h3-4H2,1-2H3. The number of hydrogen-bond acceptors (Lipinski definition) is 2. The molecule has 0 spiro atoms. The van der Waals surface area contributed by atoms with E-state index in [0.717, 1.165) is 9.91 Å². The summed E-state index contributed by atoms with van der Waals surface area (Å²) in [5.41, 5.74) is 0. The van der Waals surface area contributed by atoms with E-state index in [1.807, 2.05) is 0 Å².